The van der Waals surface area contributed by atoms with Gasteiger partial charge in [0.15, 0.2) is 11.0 Å². The van der Waals surface area contributed by atoms with Crippen molar-refractivity contribution in [2.45, 2.75) is 37.7 Å². The van der Waals surface area contributed by atoms with E-state index in [9.17, 15) is 4.79 Å². The number of thioether (sulfide) groups is 1. The molecular weight excluding hydrogens is 400 g/mol. The number of aromatic nitrogens is 4. The van der Waals surface area contributed by atoms with Crippen molar-refractivity contribution < 1.29 is 13.9 Å². The number of benzene rings is 1. The zero-order valence-electron chi connectivity index (χ0n) is 16.9. The van der Waals surface area contributed by atoms with Crippen molar-refractivity contribution in [2.75, 3.05) is 6.61 Å². The summed E-state index contributed by atoms with van der Waals surface area (Å²) < 4.78 is 13.1. The summed E-state index contributed by atoms with van der Waals surface area (Å²) in [6, 6.07) is 11.5. The van der Waals surface area contributed by atoms with Crippen molar-refractivity contribution in [3.8, 4) is 11.4 Å². The standard InChI is InChI=1S/C22H22N4O3S/c1-3-13-26-20(15-9-11-23-12-10-15)24-25-22(26)30-14-17-16-7-5-6-8-18(16)29-19(17)21(27)28-4-2/h5-12H,3-4,13-14H2,1-2H3. The molecule has 0 atom stereocenters. The summed E-state index contributed by atoms with van der Waals surface area (Å²) in [6.07, 6.45) is 4.44. The first kappa shape index (κ1) is 20.2. The Bertz CT molecular complexity index is 1150. The SMILES string of the molecule is CCCn1c(SCc2c(C(=O)OCC)oc3ccccc23)nnc1-c1ccncc1. The van der Waals surface area contributed by atoms with E-state index in [4.69, 9.17) is 9.15 Å². The van der Waals surface area contributed by atoms with Crippen LogP contribution in [-0.2, 0) is 17.0 Å². The summed E-state index contributed by atoms with van der Waals surface area (Å²) in [5, 5.41) is 10.5. The quantitative estimate of drug-likeness (QED) is 0.293. The molecule has 0 aliphatic rings. The Hall–Kier alpha value is -3.13. The third-order valence-electron chi connectivity index (χ3n) is 4.61. The number of carbonyl (C=O) groups is 1. The molecule has 3 heterocycles. The Labute approximate surface area is 178 Å². The van der Waals surface area contributed by atoms with Crippen LogP contribution in [0.2, 0.25) is 0 Å². The molecule has 30 heavy (non-hydrogen) atoms. The Balaban J connectivity index is 1.67. The monoisotopic (exact) mass is 422 g/mol. The summed E-state index contributed by atoms with van der Waals surface area (Å²) >= 11 is 1.53. The molecule has 0 radical (unpaired) electrons. The summed E-state index contributed by atoms with van der Waals surface area (Å²) in [5.41, 5.74) is 2.45. The van der Waals surface area contributed by atoms with Gasteiger partial charge in [0.25, 0.3) is 0 Å². The fourth-order valence-electron chi connectivity index (χ4n) is 3.28. The van der Waals surface area contributed by atoms with E-state index in [0.717, 1.165) is 40.5 Å². The number of rotatable bonds is 8. The molecule has 154 valence electrons. The van der Waals surface area contributed by atoms with Gasteiger partial charge in [-0.05, 0) is 31.5 Å². The summed E-state index contributed by atoms with van der Waals surface area (Å²) in [7, 11) is 0. The van der Waals surface area contributed by atoms with Gasteiger partial charge in [0, 0.05) is 41.2 Å². The van der Waals surface area contributed by atoms with Crippen LogP contribution in [0.5, 0.6) is 0 Å². The van der Waals surface area contributed by atoms with Crippen molar-refractivity contribution in [3.05, 3.63) is 60.1 Å². The van der Waals surface area contributed by atoms with E-state index in [-0.39, 0.29) is 5.76 Å². The van der Waals surface area contributed by atoms with Gasteiger partial charge in [0.2, 0.25) is 5.76 Å². The lowest BCUT2D eigenvalue weighted by atomic mass is 10.1. The molecule has 0 saturated heterocycles. The van der Waals surface area contributed by atoms with E-state index >= 15 is 0 Å². The molecule has 0 fully saturated rings. The van der Waals surface area contributed by atoms with E-state index in [1.54, 1.807) is 19.3 Å². The molecule has 0 spiro atoms. The molecule has 4 rings (SSSR count). The number of nitrogens with zero attached hydrogens (tertiary/aromatic N) is 4. The molecule has 0 N–H and O–H groups in total. The smallest absolute Gasteiger partial charge is 0.374 e. The fraction of sp³-hybridized carbons (Fsp3) is 0.273. The van der Waals surface area contributed by atoms with E-state index in [0.29, 0.717) is 17.9 Å². The summed E-state index contributed by atoms with van der Waals surface area (Å²) in [4.78, 5) is 16.5. The molecule has 0 unspecified atom stereocenters. The van der Waals surface area contributed by atoms with E-state index in [1.165, 1.54) is 11.8 Å². The van der Waals surface area contributed by atoms with Crippen LogP contribution in [0.4, 0.5) is 0 Å². The zero-order valence-corrected chi connectivity index (χ0v) is 17.7. The lowest BCUT2D eigenvalue weighted by Crippen LogP contribution is -2.06. The maximum absolute atomic E-state index is 12.4. The van der Waals surface area contributed by atoms with Crippen LogP contribution in [0.15, 0.2) is 58.4 Å². The first-order valence-electron chi connectivity index (χ1n) is 9.86. The summed E-state index contributed by atoms with van der Waals surface area (Å²) in [6.45, 7) is 4.99. The van der Waals surface area contributed by atoms with Gasteiger partial charge in [-0.25, -0.2) is 4.79 Å². The highest BCUT2D eigenvalue weighted by Gasteiger charge is 2.23. The number of hydrogen-bond donors (Lipinski definition) is 0. The van der Waals surface area contributed by atoms with Gasteiger partial charge in [-0.15, -0.1) is 10.2 Å². The minimum Gasteiger partial charge on any atom is -0.460 e. The van der Waals surface area contributed by atoms with E-state index < -0.39 is 5.97 Å². The molecule has 0 aliphatic carbocycles. The largest absolute Gasteiger partial charge is 0.460 e. The third kappa shape index (κ3) is 3.95. The number of esters is 1. The Kier molecular flexibility index (Phi) is 6.13. The predicted molar refractivity (Wildman–Crippen MR) is 115 cm³/mol. The van der Waals surface area contributed by atoms with Crippen molar-refractivity contribution in [1.29, 1.82) is 0 Å². The van der Waals surface area contributed by atoms with Gasteiger partial charge in [-0.3, -0.25) is 4.98 Å². The fourth-order valence-corrected chi connectivity index (χ4v) is 4.27. The number of carbonyl (C=O) groups excluding carboxylic acids is 1. The second kappa shape index (κ2) is 9.13. The highest BCUT2D eigenvalue weighted by molar-refractivity contribution is 7.98. The topological polar surface area (TPSA) is 83.0 Å². The second-order valence-corrected chi connectivity index (χ2v) is 7.55. The Morgan fingerprint density at radius 3 is 2.70 bits per heavy atom. The normalized spacial score (nSPS) is 11.1. The molecule has 0 bridgehead atoms. The highest BCUT2D eigenvalue weighted by Crippen LogP contribution is 2.33. The molecule has 4 aromatic rings. The average Bonchev–Trinajstić information content (AvgIpc) is 3.35. The lowest BCUT2D eigenvalue weighted by molar-refractivity contribution is 0.0491. The second-order valence-electron chi connectivity index (χ2n) is 6.61. The highest BCUT2D eigenvalue weighted by atomic mass is 32.2. The van der Waals surface area contributed by atoms with Crippen molar-refractivity contribution in [1.82, 2.24) is 19.7 Å². The molecule has 8 heteroatoms. The Morgan fingerprint density at radius 1 is 1.13 bits per heavy atom. The van der Waals surface area contributed by atoms with Gasteiger partial charge in [0.05, 0.1) is 6.61 Å². The minimum absolute atomic E-state index is 0.251. The maximum Gasteiger partial charge on any atom is 0.374 e. The van der Waals surface area contributed by atoms with Gasteiger partial charge in [0.1, 0.15) is 5.58 Å². The number of fused-ring (bicyclic) bond motifs is 1. The first-order chi connectivity index (χ1) is 14.7. The van der Waals surface area contributed by atoms with Crippen molar-refractivity contribution >= 4 is 28.7 Å². The van der Waals surface area contributed by atoms with Crippen LogP contribution in [0.3, 0.4) is 0 Å². The molecule has 0 saturated carbocycles. The third-order valence-corrected chi connectivity index (χ3v) is 5.60. The predicted octanol–water partition coefficient (Wildman–Crippen LogP) is 4.97. The van der Waals surface area contributed by atoms with Crippen LogP contribution in [0.1, 0.15) is 36.4 Å². The molecule has 1 aromatic carbocycles. The van der Waals surface area contributed by atoms with Gasteiger partial charge in [-0.1, -0.05) is 36.9 Å². The van der Waals surface area contributed by atoms with Gasteiger partial charge < -0.3 is 13.7 Å². The number of pyridine rings is 1. The molecular formula is C22H22N4O3S. The zero-order chi connectivity index (χ0) is 20.9. The number of hydrogen-bond acceptors (Lipinski definition) is 7. The molecule has 0 amide bonds. The minimum atomic E-state index is -0.447. The number of para-hydroxylation sites is 1. The van der Waals surface area contributed by atoms with Gasteiger partial charge in [-0.2, -0.15) is 0 Å². The van der Waals surface area contributed by atoms with Crippen LogP contribution in [-0.4, -0.2) is 32.3 Å². The van der Waals surface area contributed by atoms with Gasteiger partial charge >= 0.3 is 5.97 Å². The van der Waals surface area contributed by atoms with Crippen molar-refractivity contribution in [3.63, 3.8) is 0 Å². The number of ether oxygens (including phenoxy) is 1. The van der Waals surface area contributed by atoms with Crippen LogP contribution in [0.25, 0.3) is 22.4 Å². The van der Waals surface area contributed by atoms with E-state index in [2.05, 4.69) is 26.7 Å². The first-order valence-corrected chi connectivity index (χ1v) is 10.8. The Morgan fingerprint density at radius 2 is 1.93 bits per heavy atom. The molecule has 7 nitrogen and oxygen atoms in total. The van der Waals surface area contributed by atoms with Crippen LogP contribution in [0, 0.1) is 0 Å². The van der Waals surface area contributed by atoms with Crippen LogP contribution < -0.4 is 0 Å². The molecule has 3 aromatic heterocycles. The average molecular weight is 423 g/mol. The lowest BCUT2D eigenvalue weighted by Gasteiger charge is -2.09. The summed E-state index contributed by atoms with van der Waals surface area (Å²) in [5.74, 6) is 1.13. The maximum atomic E-state index is 12.4. The van der Waals surface area contributed by atoms with E-state index in [1.807, 2.05) is 36.4 Å². The van der Waals surface area contributed by atoms with Crippen LogP contribution >= 0.6 is 11.8 Å². The van der Waals surface area contributed by atoms with Crippen molar-refractivity contribution in [2.24, 2.45) is 0 Å². The molecule has 0 aliphatic heterocycles. The number of furan rings is 1.